The molecule has 0 radical (unpaired) electrons. The summed E-state index contributed by atoms with van der Waals surface area (Å²) in [5.41, 5.74) is 1.55. The smallest absolute Gasteiger partial charge is 0.303 e. The van der Waals surface area contributed by atoms with Crippen LogP contribution in [-0.2, 0) is 9.59 Å². The monoisotopic (exact) mass is 346 g/mol. The molecule has 2 rings (SSSR count). The van der Waals surface area contributed by atoms with Crippen molar-refractivity contribution in [2.45, 2.75) is 71.8 Å². The van der Waals surface area contributed by atoms with Crippen molar-refractivity contribution in [3.05, 3.63) is 29.6 Å². The molecule has 1 heterocycles. The van der Waals surface area contributed by atoms with Gasteiger partial charge in [0.05, 0.1) is 18.2 Å². The van der Waals surface area contributed by atoms with E-state index < -0.39 is 11.4 Å². The molecule has 5 nitrogen and oxygen atoms in total. The molecule has 1 aromatic heterocycles. The number of aromatic nitrogens is 1. The van der Waals surface area contributed by atoms with Gasteiger partial charge in [-0.1, -0.05) is 39.2 Å². The van der Waals surface area contributed by atoms with Crippen molar-refractivity contribution < 1.29 is 14.7 Å². The first-order valence-corrected chi connectivity index (χ1v) is 9.26. The Kier molecular flexibility index (Phi) is 6.57. The van der Waals surface area contributed by atoms with Crippen LogP contribution in [0.1, 0.15) is 76.1 Å². The fourth-order valence-corrected chi connectivity index (χ4v) is 3.98. The second-order valence-corrected chi connectivity index (χ2v) is 7.80. The van der Waals surface area contributed by atoms with Crippen molar-refractivity contribution in [2.75, 3.05) is 0 Å². The zero-order valence-corrected chi connectivity index (χ0v) is 15.5. The minimum Gasteiger partial charge on any atom is -0.481 e. The molecule has 1 atom stereocenters. The van der Waals surface area contributed by atoms with Crippen molar-refractivity contribution in [1.29, 1.82) is 0 Å². The lowest BCUT2D eigenvalue weighted by Gasteiger charge is -2.36. The molecular weight excluding hydrogens is 316 g/mol. The summed E-state index contributed by atoms with van der Waals surface area (Å²) in [5, 5.41) is 12.4. The molecule has 0 aliphatic heterocycles. The lowest BCUT2D eigenvalue weighted by molar-refractivity contribution is -0.141. The van der Waals surface area contributed by atoms with Crippen molar-refractivity contribution >= 4 is 11.9 Å². The Hall–Kier alpha value is -1.91. The van der Waals surface area contributed by atoms with Gasteiger partial charge in [0.25, 0.3) is 0 Å². The maximum Gasteiger partial charge on any atom is 0.303 e. The summed E-state index contributed by atoms with van der Waals surface area (Å²) in [5.74, 6) is -0.665. The molecule has 1 saturated carbocycles. The Morgan fingerprint density at radius 1 is 1.24 bits per heavy atom. The van der Waals surface area contributed by atoms with E-state index in [1.807, 2.05) is 19.1 Å². The second kappa shape index (κ2) is 8.45. The highest BCUT2D eigenvalue weighted by Gasteiger charge is 2.37. The maximum absolute atomic E-state index is 12.8. The number of carbonyl (C=O) groups is 2. The zero-order valence-electron chi connectivity index (χ0n) is 15.5. The quantitative estimate of drug-likeness (QED) is 0.781. The van der Waals surface area contributed by atoms with E-state index in [-0.39, 0.29) is 30.7 Å². The van der Waals surface area contributed by atoms with Gasteiger partial charge in [-0.2, -0.15) is 0 Å². The number of amides is 1. The molecule has 1 aromatic rings. The van der Waals surface area contributed by atoms with Crippen molar-refractivity contribution in [3.8, 4) is 0 Å². The molecule has 138 valence electrons. The number of nitrogens with zero attached hydrogens (tertiary/aromatic N) is 1. The average Bonchev–Trinajstić information content (AvgIpc) is 2.53. The lowest BCUT2D eigenvalue weighted by atomic mass is 9.69. The predicted octanol–water partition coefficient (Wildman–Crippen LogP) is 4.02. The normalized spacial score (nSPS) is 17.9. The van der Waals surface area contributed by atoms with Crippen LogP contribution in [0.5, 0.6) is 0 Å². The molecule has 0 bridgehead atoms. The second-order valence-electron chi connectivity index (χ2n) is 7.80. The molecule has 1 unspecified atom stereocenters. The van der Waals surface area contributed by atoms with Gasteiger partial charge in [-0.25, -0.2) is 0 Å². The van der Waals surface area contributed by atoms with Crippen LogP contribution in [0.3, 0.4) is 0 Å². The van der Waals surface area contributed by atoms with Crippen LogP contribution in [0.15, 0.2) is 18.3 Å². The topological polar surface area (TPSA) is 79.3 Å². The summed E-state index contributed by atoms with van der Waals surface area (Å²) < 4.78 is 0. The molecule has 2 N–H and O–H groups in total. The number of hydrogen-bond donors (Lipinski definition) is 2. The standard InChI is InChI=1S/C20H30N2O3/c1-14(2)18(19-15(3)8-7-11-21-19)22-16(23)12-20(13-17(24)25)9-5-4-6-10-20/h7-8,11,14,18H,4-6,9-10,12-13H2,1-3H3,(H,22,23)(H,24,25). The van der Waals surface area contributed by atoms with Gasteiger partial charge in [0.15, 0.2) is 0 Å². The van der Waals surface area contributed by atoms with Crippen LogP contribution in [0.25, 0.3) is 0 Å². The summed E-state index contributed by atoms with van der Waals surface area (Å²) in [7, 11) is 0. The van der Waals surface area contributed by atoms with Gasteiger partial charge in [-0.3, -0.25) is 14.6 Å². The molecule has 0 spiro atoms. The summed E-state index contributed by atoms with van der Waals surface area (Å²) in [6.07, 6.45) is 6.90. The van der Waals surface area contributed by atoms with Crippen molar-refractivity contribution in [1.82, 2.24) is 10.3 Å². The number of pyridine rings is 1. The van der Waals surface area contributed by atoms with Gasteiger partial charge in [-0.05, 0) is 42.7 Å². The number of aliphatic carboxylic acids is 1. The minimum absolute atomic E-state index is 0.0631. The van der Waals surface area contributed by atoms with Crippen LogP contribution in [-0.4, -0.2) is 22.0 Å². The zero-order chi connectivity index (χ0) is 18.4. The fourth-order valence-electron chi connectivity index (χ4n) is 3.98. The highest BCUT2D eigenvalue weighted by molar-refractivity contribution is 5.78. The molecule has 1 fully saturated rings. The molecule has 1 aliphatic carbocycles. The lowest BCUT2D eigenvalue weighted by Crippen LogP contribution is -2.38. The Labute approximate surface area is 150 Å². The molecular formula is C20H30N2O3. The molecule has 1 amide bonds. The molecule has 25 heavy (non-hydrogen) atoms. The van der Waals surface area contributed by atoms with Crippen LogP contribution < -0.4 is 5.32 Å². The van der Waals surface area contributed by atoms with Gasteiger partial charge in [-0.15, -0.1) is 0 Å². The number of hydrogen-bond acceptors (Lipinski definition) is 3. The maximum atomic E-state index is 12.8. The first kappa shape index (κ1) is 19.4. The number of aryl methyl sites for hydroxylation is 1. The Bertz CT molecular complexity index is 607. The highest BCUT2D eigenvalue weighted by atomic mass is 16.4. The van der Waals surface area contributed by atoms with Gasteiger partial charge < -0.3 is 10.4 Å². The van der Waals surface area contributed by atoms with E-state index in [1.165, 1.54) is 0 Å². The van der Waals surface area contributed by atoms with Gasteiger partial charge >= 0.3 is 5.97 Å². The summed E-state index contributed by atoms with van der Waals surface area (Å²) in [6.45, 7) is 6.12. The van der Waals surface area contributed by atoms with E-state index in [1.54, 1.807) is 6.20 Å². The number of carboxylic acid groups (broad SMARTS) is 1. The fraction of sp³-hybridized carbons (Fsp3) is 0.650. The first-order chi connectivity index (χ1) is 11.8. The summed E-state index contributed by atoms with van der Waals surface area (Å²) >= 11 is 0. The Morgan fingerprint density at radius 3 is 2.48 bits per heavy atom. The number of rotatable bonds is 7. The largest absolute Gasteiger partial charge is 0.481 e. The van der Waals surface area contributed by atoms with Gasteiger partial charge in [0, 0.05) is 12.6 Å². The number of carboxylic acids is 1. The molecule has 0 saturated heterocycles. The van der Waals surface area contributed by atoms with Gasteiger partial charge in [0.1, 0.15) is 0 Å². The third-order valence-electron chi connectivity index (χ3n) is 5.30. The van der Waals surface area contributed by atoms with E-state index in [2.05, 4.69) is 24.1 Å². The minimum atomic E-state index is -0.810. The third kappa shape index (κ3) is 5.28. The molecule has 5 heteroatoms. The van der Waals surface area contributed by atoms with Gasteiger partial charge in [0.2, 0.25) is 5.91 Å². The first-order valence-electron chi connectivity index (χ1n) is 9.26. The predicted molar refractivity (Wildman–Crippen MR) is 97.1 cm³/mol. The van der Waals surface area contributed by atoms with E-state index in [4.69, 9.17) is 0 Å². The van der Waals surface area contributed by atoms with Crippen molar-refractivity contribution in [2.24, 2.45) is 11.3 Å². The number of nitrogens with one attached hydrogen (secondary N) is 1. The Balaban J connectivity index is 2.12. The molecule has 0 aromatic carbocycles. The van der Waals surface area contributed by atoms with E-state index in [0.717, 1.165) is 43.4 Å². The highest BCUT2D eigenvalue weighted by Crippen LogP contribution is 2.42. The third-order valence-corrected chi connectivity index (χ3v) is 5.30. The summed E-state index contributed by atoms with van der Waals surface area (Å²) in [4.78, 5) is 28.5. The molecule has 1 aliphatic rings. The Morgan fingerprint density at radius 2 is 1.92 bits per heavy atom. The van der Waals surface area contributed by atoms with Crippen LogP contribution in [0.4, 0.5) is 0 Å². The number of carbonyl (C=O) groups excluding carboxylic acids is 1. The van der Waals surface area contributed by atoms with Crippen molar-refractivity contribution in [3.63, 3.8) is 0 Å². The van der Waals surface area contributed by atoms with Crippen LogP contribution >= 0.6 is 0 Å². The summed E-state index contributed by atoms with van der Waals surface area (Å²) in [6, 6.07) is 3.73. The SMILES string of the molecule is Cc1cccnc1C(NC(=O)CC1(CC(=O)O)CCCCC1)C(C)C. The van der Waals surface area contributed by atoms with E-state index in [9.17, 15) is 14.7 Å². The van der Waals surface area contributed by atoms with E-state index in [0.29, 0.717) is 0 Å². The average molecular weight is 346 g/mol. The van der Waals surface area contributed by atoms with E-state index >= 15 is 0 Å². The van der Waals surface area contributed by atoms with Crippen LogP contribution in [0.2, 0.25) is 0 Å². The van der Waals surface area contributed by atoms with Crippen LogP contribution in [0, 0.1) is 18.3 Å².